The summed E-state index contributed by atoms with van der Waals surface area (Å²) in [6.07, 6.45) is -4.76. The van der Waals surface area contributed by atoms with E-state index >= 15 is 0 Å². The number of halogens is 3. The molecule has 3 N–H and O–H groups in total. The molecule has 88 valence electrons. The van der Waals surface area contributed by atoms with Gasteiger partial charge in [0.15, 0.2) is 0 Å². The van der Waals surface area contributed by atoms with Crippen LogP contribution in [-0.2, 0) is 9.59 Å². The van der Waals surface area contributed by atoms with Crippen molar-refractivity contribution in [1.29, 1.82) is 0 Å². The number of carboxylic acid groups (broad SMARTS) is 2. The fraction of sp³-hybridized carbons (Fsp3) is 0.714. The Bertz CT molecular complexity index is 237. The third kappa shape index (κ3) is 6.72. The Balaban J connectivity index is 0.000000265. The molecule has 0 saturated carbocycles. The number of hydrogen-bond donors (Lipinski definition) is 3. The maximum absolute atomic E-state index is 10.6. The molecule has 1 aliphatic rings. The van der Waals surface area contributed by atoms with E-state index in [1.54, 1.807) is 0 Å². The molecule has 0 aromatic carbocycles. The first-order chi connectivity index (χ1) is 6.73. The Morgan fingerprint density at radius 1 is 1.27 bits per heavy atom. The molecule has 1 aliphatic heterocycles. The van der Waals surface area contributed by atoms with Gasteiger partial charge in [-0.15, -0.1) is 0 Å². The molecule has 5 nitrogen and oxygen atoms in total. The Hall–Kier alpha value is -1.31. The van der Waals surface area contributed by atoms with Crippen molar-refractivity contribution in [2.75, 3.05) is 13.1 Å². The van der Waals surface area contributed by atoms with E-state index in [0.717, 1.165) is 13.1 Å². The normalized spacial score (nSPS) is 15.9. The molecule has 0 aromatic heterocycles. The standard InChI is InChI=1S/C5H9NO2.C2HF3O2/c7-5(8)1-4-2-6-3-4;3-2(4,5)1(6)7/h4,6H,1-3H2,(H,7,8);(H,6,7). The zero-order valence-electron chi connectivity index (χ0n) is 7.54. The van der Waals surface area contributed by atoms with Crippen molar-refractivity contribution in [3.05, 3.63) is 0 Å². The molecule has 1 heterocycles. The highest BCUT2D eigenvalue weighted by Crippen LogP contribution is 2.13. The summed E-state index contributed by atoms with van der Waals surface area (Å²) in [6.45, 7) is 1.76. The van der Waals surface area contributed by atoms with E-state index in [1.165, 1.54) is 0 Å². The summed E-state index contributed by atoms with van der Waals surface area (Å²) in [5, 5.41) is 18.3. The predicted octanol–water partition coefficient (Wildman–Crippen LogP) is 0.314. The van der Waals surface area contributed by atoms with Gasteiger partial charge in [0, 0.05) is 0 Å². The monoisotopic (exact) mass is 229 g/mol. The van der Waals surface area contributed by atoms with Gasteiger partial charge in [-0.1, -0.05) is 0 Å². The fourth-order valence-electron chi connectivity index (χ4n) is 0.740. The summed E-state index contributed by atoms with van der Waals surface area (Å²) in [5.41, 5.74) is 0. The van der Waals surface area contributed by atoms with Crippen molar-refractivity contribution in [3.8, 4) is 0 Å². The Kier molecular flexibility index (Phi) is 5.06. The van der Waals surface area contributed by atoms with E-state index < -0.39 is 18.1 Å². The highest BCUT2D eigenvalue weighted by atomic mass is 19.4. The third-order valence-corrected chi connectivity index (χ3v) is 1.57. The van der Waals surface area contributed by atoms with Gasteiger partial charge in [-0.3, -0.25) is 4.79 Å². The van der Waals surface area contributed by atoms with Crippen LogP contribution in [-0.4, -0.2) is 41.4 Å². The molecule has 0 bridgehead atoms. The number of carboxylic acids is 2. The number of rotatable bonds is 2. The highest BCUT2D eigenvalue weighted by Gasteiger charge is 2.38. The quantitative estimate of drug-likeness (QED) is 0.634. The highest BCUT2D eigenvalue weighted by molar-refractivity contribution is 5.73. The molecule has 8 heteroatoms. The van der Waals surface area contributed by atoms with Gasteiger partial charge in [-0.2, -0.15) is 13.2 Å². The van der Waals surface area contributed by atoms with Crippen LogP contribution in [0.3, 0.4) is 0 Å². The van der Waals surface area contributed by atoms with Gasteiger partial charge in [-0.05, 0) is 19.0 Å². The maximum Gasteiger partial charge on any atom is 0.490 e. The SMILES string of the molecule is O=C(O)C(F)(F)F.O=C(O)CC1CNC1. The second-order valence-electron chi connectivity index (χ2n) is 2.93. The van der Waals surface area contributed by atoms with Crippen LogP contribution in [0.2, 0.25) is 0 Å². The topological polar surface area (TPSA) is 86.6 Å². The van der Waals surface area contributed by atoms with Crippen LogP contribution >= 0.6 is 0 Å². The van der Waals surface area contributed by atoms with Crippen molar-refractivity contribution < 1.29 is 33.0 Å². The third-order valence-electron chi connectivity index (χ3n) is 1.57. The Morgan fingerprint density at radius 3 is 1.73 bits per heavy atom. The lowest BCUT2D eigenvalue weighted by Crippen LogP contribution is -2.42. The molecule has 1 saturated heterocycles. The van der Waals surface area contributed by atoms with E-state index in [4.69, 9.17) is 15.0 Å². The van der Waals surface area contributed by atoms with Crippen molar-refractivity contribution in [3.63, 3.8) is 0 Å². The van der Waals surface area contributed by atoms with E-state index in [0.29, 0.717) is 12.3 Å². The Labute approximate surface area is 82.9 Å². The van der Waals surface area contributed by atoms with Gasteiger partial charge < -0.3 is 15.5 Å². The summed E-state index contributed by atoms with van der Waals surface area (Å²) in [5.74, 6) is -3.04. The van der Waals surface area contributed by atoms with Crippen molar-refractivity contribution in [2.24, 2.45) is 5.92 Å². The van der Waals surface area contributed by atoms with Gasteiger partial charge in [-0.25, -0.2) is 4.79 Å². The first kappa shape index (κ1) is 13.7. The summed E-state index contributed by atoms with van der Waals surface area (Å²) in [4.78, 5) is 18.9. The van der Waals surface area contributed by atoms with Gasteiger partial charge in [0.2, 0.25) is 0 Å². The molecule has 1 rings (SSSR count). The zero-order chi connectivity index (χ0) is 12.1. The van der Waals surface area contributed by atoms with Crippen molar-refractivity contribution in [2.45, 2.75) is 12.6 Å². The summed E-state index contributed by atoms with van der Waals surface area (Å²) >= 11 is 0. The van der Waals surface area contributed by atoms with Gasteiger partial charge >= 0.3 is 18.1 Å². The second kappa shape index (κ2) is 5.54. The number of carbonyl (C=O) groups is 2. The number of aliphatic carboxylic acids is 2. The molecule has 0 aromatic rings. The zero-order valence-corrected chi connectivity index (χ0v) is 7.54. The minimum absolute atomic E-state index is 0.326. The van der Waals surface area contributed by atoms with Gasteiger partial charge in [0.05, 0.1) is 6.42 Å². The first-order valence-corrected chi connectivity index (χ1v) is 3.96. The lowest BCUT2D eigenvalue weighted by molar-refractivity contribution is -0.192. The minimum Gasteiger partial charge on any atom is -0.481 e. The van der Waals surface area contributed by atoms with E-state index in [2.05, 4.69) is 5.32 Å². The van der Waals surface area contributed by atoms with Crippen LogP contribution < -0.4 is 5.32 Å². The molecular formula is C7H10F3NO4. The average Bonchev–Trinajstić information content (AvgIpc) is 1.96. The summed E-state index contributed by atoms with van der Waals surface area (Å²) in [7, 11) is 0. The summed E-state index contributed by atoms with van der Waals surface area (Å²) < 4.78 is 31.7. The van der Waals surface area contributed by atoms with Crippen molar-refractivity contribution >= 4 is 11.9 Å². The molecule has 0 unspecified atom stereocenters. The van der Waals surface area contributed by atoms with Crippen LogP contribution in [0.25, 0.3) is 0 Å². The second-order valence-corrected chi connectivity index (χ2v) is 2.93. The van der Waals surface area contributed by atoms with E-state index in [9.17, 15) is 18.0 Å². The van der Waals surface area contributed by atoms with Crippen LogP contribution in [0, 0.1) is 5.92 Å². The number of alkyl halides is 3. The summed E-state index contributed by atoms with van der Waals surface area (Å²) in [6, 6.07) is 0. The molecule has 0 atom stereocenters. The number of nitrogens with one attached hydrogen (secondary N) is 1. The number of hydrogen-bond acceptors (Lipinski definition) is 3. The van der Waals surface area contributed by atoms with Crippen LogP contribution in [0.1, 0.15) is 6.42 Å². The van der Waals surface area contributed by atoms with Crippen LogP contribution in [0.5, 0.6) is 0 Å². The molecular weight excluding hydrogens is 219 g/mol. The first-order valence-electron chi connectivity index (χ1n) is 3.96. The predicted molar refractivity (Wildman–Crippen MR) is 42.3 cm³/mol. The van der Waals surface area contributed by atoms with Gasteiger partial charge in [0.1, 0.15) is 0 Å². The van der Waals surface area contributed by atoms with Crippen LogP contribution in [0.15, 0.2) is 0 Å². The van der Waals surface area contributed by atoms with E-state index in [1.807, 2.05) is 0 Å². The molecule has 15 heavy (non-hydrogen) atoms. The smallest absolute Gasteiger partial charge is 0.481 e. The molecule has 0 spiro atoms. The van der Waals surface area contributed by atoms with E-state index in [-0.39, 0.29) is 0 Å². The molecule has 0 amide bonds. The van der Waals surface area contributed by atoms with Crippen LogP contribution in [0.4, 0.5) is 13.2 Å². The Morgan fingerprint density at radius 2 is 1.67 bits per heavy atom. The molecule has 0 aliphatic carbocycles. The molecule has 1 fully saturated rings. The maximum atomic E-state index is 10.6. The lowest BCUT2D eigenvalue weighted by Gasteiger charge is -2.24. The minimum atomic E-state index is -5.08. The van der Waals surface area contributed by atoms with Crippen molar-refractivity contribution in [1.82, 2.24) is 5.32 Å². The largest absolute Gasteiger partial charge is 0.490 e. The average molecular weight is 229 g/mol. The fourth-order valence-corrected chi connectivity index (χ4v) is 0.740. The lowest BCUT2D eigenvalue weighted by atomic mass is 10.00. The molecule has 0 radical (unpaired) electrons. The van der Waals surface area contributed by atoms with Gasteiger partial charge in [0.25, 0.3) is 0 Å².